The maximum absolute atomic E-state index is 13.3. The normalized spacial score (nSPS) is 18.2. The summed E-state index contributed by atoms with van der Waals surface area (Å²) >= 11 is 3.68. The van der Waals surface area contributed by atoms with Crippen LogP contribution in [0.4, 0.5) is 16.9 Å². The van der Waals surface area contributed by atoms with Gasteiger partial charge >= 0.3 is 5.97 Å². The number of thiazole rings is 1. The molecule has 3 atom stereocenters. The van der Waals surface area contributed by atoms with E-state index in [2.05, 4.69) is 30.7 Å². The van der Waals surface area contributed by atoms with Crippen LogP contribution in [-0.4, -0.2) is 90.4 Å². The number of β-lactam (4-membered cyclic amide) rings is 1. The van der Waals surface area contributed by atoms with Crippen LogP contribution in [0.15, 0.2) is 75.4 Å². The average molecular weight is 711 g/mol. The van der Waals surface area contributed by atoms with Crippen molar-refractivity contribution < 1.29 is 29.1 Å². The number of nitrogen functional groups attached to an aromatic ring is 2. The number of thioether (sulfide) groups is 2. The summed E-state index contributed by atoms with van der Waals surface area (Å²) in [6.45, 7) is 0. The first-order valence-electron chi connectivity index (χ1n) is 14.1. The summed E-state index contributed by atoms with van der Waals surface area (Å²) in [5.41, 5.74) is 18.4. The standard InChI is InChI=1S/C29H30N10O6S3/c1-45-38-20(17-13-48-29(33-17)37-23(40)16(30)10-14-6-3-2-4-7-14)24(41)36-21-25(42)39-22(27(43)44)15(12-47-26(21)39)8-5-9-46-19-11-18(31)34-28(32)35-19/h2-8,11,13,16,21,26H,9-10,12,30H2,1H3,(H,36,41)(H,43,44)(H,33,37,40)(H4,31,32,34,35)/b8-5+,38-20?/t16-,21?,26?/m0/s1. The molecule has 16 nitrogen and oxygen atoms in total. The van der Waals surface area contributed by atoms with Gasteiger partial charge in [-0.3, -0.25) is 19.3 Å². The number of nitrogens with zero attached hydrogens (tertiary/aromatic N) is 5. The van der Waals surface area contributed by atoms with Crippen LogP contribution in [0.5, 0.6) is 0 Å². The lowest BCUT2D eigenvalue weighted by molar-refractivity contribution is -0.150. The van der Waals surface area contributed by atoms with Crippen LogP contribution in [0, 0.1) is 0 Å². The second-order valence-corrected chi connectivity index (χ2v) is 13.2. The van der Waals surface area contributed by atoms with Gasteiger partial charge in [0.25, 0.3) is 11.8 Å². The number of rotatable bonds is 13. The number of allylic oxidation sites excluding steroid dienone is 1. The largest absolute Gasteiger partial charge is 0.477 e. The quantitative estimate of drug-likeness (QED) is 0.0477. The zero-order valence-corrected chi connectivity index (χ0v) is 27.7. The Labute approximate surface area is 286 Å². The Morgan fingerprint density at radius 1 is 1.23 bits per heavy atom. The van der Waals surface area contributed by atoms with Crippen LogP contribution >= 0.6 is 34.9 Å². The number of benzene rings is 1. The summed E-state index contributed by atoms with van der Waals surface area (Å²) in [5, 5.41) is 20.6. The topological polar surface area (TPSA) is 254 Å². The van der Waals surface area contributed by atoms with Crippen molar-refractivity contribution in [1.82, 2.24) is 25.2 Å². The lowest BCUT2D eigenvalue weighted by Crippen LogP contribution is -2.71. The van der Waals surface area contributed by atoms with E-state index < -0.39 is 41.1 Å². The number of nitrogens with one attached hydrogen (secondary N) is 2. The molecule has 250 valence electrons. The number of hydrogen-bond acceptors (Lipinski definition) is 15. The van der Waals surface area contributed by atoms with Gasteiger partial charge in [0.15, 0.2) is 10.8 Å². The van der Waals surface area contributed by atoms with Crippen molar-refractivity contribution in [3.8, 4) is 0 Å². The first-order valence-corrected chi connectivity index (χ1v) is 17.1. The third-order valence-electron chi connectivity index (χ3n) is 6.88. The highest BCUT2D eigenvalue weighted by Gasteiger charge is 2.54. The molecule has 0 radical (unpaired) electrons. The SMILES string of the molecule is CON=C(C(=O)NC1C(=O)N2C(C(=O)O)=C(/C=C/CSc3cc(N)nc(N)n3)CSC12)c1csc(NC(=O)[C@@H](N)Cc2ccccc2)n1. The number of carboxylic acids is 1. The van der Waals surface area contributed by atoms with E-state index in [1.165, 1.54) is 36.0 Å². The van der Waals surface area contributed by atoms with Crippen molar-refractivity contribution >= 4 is 81.2 Å². The lowest BCUT2D eigenvalue weighted by atomic mass is 10.0. The number of carbonyl (C=O) groups excluding carboxylic acids is 3. The van der Waals surface area contributed by atoms with Crippen LogP contribution < -0.4 is 27.8 Å². The number of carboxylic acid groups (broad SMARTS) is 1. The highest BCUT2D eigenvalue weighted by atomic mass is 32.2. The molecule has 5 rings (SSSR count). The fourth-order valence-corrected chi connectivity index (χ4v) is 7.48. The van der Waals surface area contributed by atoms with Gasteiger partial charge in [-0.05, 0) is 17.6 Å². The number of aliphatic carboxylic acids is 1. The van der Waals surface area contributed by atoms with E-state index in [9.17, 15) is 24.3 Å². The predicted molar refractivity (Wildman–Crippen MR) is 183 cm³/mol. The molecule has 9 N–H and O–H groups in total. The summed E-state index contributed by atoms with van der Waals surface area (Å²) in [4.78, 5) is 69.6. The minimum Gasteiger partial charge on any atom is -0.477 e. The highest BCUT2D eigenvalue weighted by Crippen LogP contribution is 2.40. The second-order valence-electron chi connectivity index (χ2n) is 10.2. The second kappa shape index (κ2) is 15.3. The zero-order chi connectivity index (χ0) is 34.4. The fraction of sp³-hybridized carbons (Fsp3) is 0.241. The molecule has 19 heteroatoms. The van der Waals surface area contributed by atoms with Gasteiger partial charge in [0.05, 0.1) is 6.04 Å². The van der Waals surface area contributed by atoms with E-state index in [1.54, 1.807) is 18.2 Å². The molecule has 3 aromatic rings. The Kier molecular flexibility index (Phi) is 10.9. The zero-order valence-electron chi connectivity index (χ0n) is 25.2. The molecular weight excluding hydrogens is 681 g/mol. The first-order chi connectivity index (χ1) is 23.0. The van der Waals surface area contributed by atoms with Crippen LogP contribution in [0.25, 0.3) is 0 Å². The molecule has 1 fully saturated rings. The molecule has 0 spiro atoms. The van der Waals surface area contributed by atoms with Gasteiger partial charge in [0, 0.05) is 23.0 Å². The summed E-state index contributed by atoms with van der Waals surface area (Å²) in [7, 11) is 1.24. The Bertz CT molecular complexity index is 1800. The average Bonchev–Trinajstić information content (AvgIpc) is 3.51. The third-order valence-corrected chi connectivity index (χ3v) is 9.81. The molecule has 1 aromatic carbocycles. The van der Waals surface area contributed by atoms with Crippen molar-refractivity contribution in [2.75, 3.05) is 35.4 Å². The third kappa shape index (κ3) is 7.93. The van der Waals surface area contributed by atoms with Crippen LogP contribution in [0.2, 0.25) is 0 Å². The molecule has 2 aromatic heterocycles. The minimum absolute atomic E-state index is 0.0471. The van der Waals surface area contributed by atoms with Crippen LogP contribution in [-0.2, 0) is 30.4 Å². The molecule has 4 heterocycles. The molecule has 0 aliphatic carbocycles. The number of fused-ring (bicyclic) bond motifs is 1. The van der Waals surface area contributed by atoms with Crippen molar-refractivity contribution in [2.24, 2.45) is 10.9 Å². The van der Waals surface area contributed by atoms with E-state index in [0.29, 0.717) is 22.8 Å². The van der Waals surface area contributed by atoms with E-state index >= 15 is 0 Å². The first kappa shape index (κ1) is 34.4. The Hall–Kier alpha value is -4.98. The molecule has 0 saturated carbocycles. The van der Waals surface area contributed by atoms with E-state index in [-0.39, 0.29) is 39.8 Å². The number of hydrogen-bond donors (Lipinski definition) is 6. The molecule has 3 amide bonds. The lowest BCUT2D eigenvalue weighted by Gasteiger charge is -2.49. The van der Waals surface area contributed by atoms with Crippen LogP contribution in [0.3, 0.4) is 0 Å². The van der Waals surface area contributed by atoms with Gasteiger partial charge in [-0.1, -0.05) is 47.6 Å². The Balaban J connectivity index is 1.21. The Morgan fingerprint density at radius 3 is 2.71 bits per heavy atom. The maximum Gasteiger partial charge on any atom is 0.352 e. The van der Waals surface area contributed by atoms with Gasteiger partial charge in [0.2, 0.25) is 11.9 Å². The number of aromatic nitrogens is 3. The van der Waals surface area contributed by atoms with Gasteiger partial charge in [-0.25, -0.2) is 14.8 Å². The Morgan fingerprint density at radius 2 is 2.00 bits per heavy atom. The van der Waals surface area contributed by atoms with E-state index in [0.717, 1.165) is 21.8 Å². The van der Waals surface area contributed by atoms with Crippen molar-refractivity contribution in [2.45, 2.75) is 28.9 Å². The van der Waals surface area contributed by atoms with Gasteiger partial charge < -0.3 is 37.8 Å². The van der Waals surface area contributed by atoms with E-state index in [4.69, 9.17) is 22.0 Å². The van der Waals surface area contributed by atoms with Gasteiger partial charge in [0.1, 0.15) is 40.8 Å². The van der Waals surface area contributed by atoms with Gasteiger partial charge in [-0.2, -0.15) is 4.98 Å². The molecule has 2 aliphatic heterocycles. The van der Waals surface area contributed by atoms with Crippen LogP contribution in [0.1, 0.15) is 11.3 Å². The molecule has 2 unspecified atom stereocenters. The number of anilines is 3. The van der Waals surface area contributed by atoms with Crippen molar-refractivity contribution in [3.63, 3.8) is 0 Å². The smallest absolute Gasteiger partial charge is 0.352 e. The summed E-state index contributed by atoms with van der Waals surface area (Å²) in [6.07, 6.45) is 3.71. The number of carbonyl (C=O) groups is 4. The minimum atomic E-state index is -1.27. The monoisotopic (exact) mass is 710 g/mol. The maximum atomic E-state index is 13.3. The van der Waals surface area contributed by atoms with Gasteiger partial charge in [-0.15, -0.1) is 34.9 Å². The molecule has 1 saturated heterocycles. The summed E-state index contributed by atoms with van der Waals surface area (Å²) in [6, 6.07) is 9.02. The van der Waals surface area contributed by atoms with E-state index in [1.807, 2.05) is 30.3 Å². The predicted octanol–water partition coefficient (Wildman–Crippen LogP) is 1.04. The molecule has 0 bridgehead atoms. The summed E-state index contributed by atoms with van der Waals surface area (Å²) in [5.74, 6) is -2.11. The summed E-state index contributed by atoms with van der Waals surface area (Å²) < 4.78 is 0. The molecular formula is C29H30N10O6S3. The number of amides is 3. The molecule has 48 heavy (non-hydrogen) atoms. The number of nitrogens with two attached hydrogens (primary N) is 3. The van der Waals surface area contributed by atoms with Crippen molar-refractivity contribution in [3.05, 3.63) is 76.5 Å². The highest BCUT2D eigenvalue weighted by molar-refractivity contribution is 8.00. The fourth-order valence-electron chi connectivity index (χ4n) is 4.73. The van der Waals surface area contributed by atoms with Crippen molar-refractivity contribution in [1.29, 1.82) is 0 Å². The molecule has 2 aliphatic rings. The number of oxime groups is 1.